The second kappa shape index (κ2) is 4.25. The third kappa shape index (κ3) is 1.68. The van der Waals surface area contributed by atoms with E-state index in [1.165, 1.54) is 17.8 Å². The molecule has 2 rings (SSSR count). The molecular weight excluding hydrogens is 232 g/mol. The van der Waals surface area contributed by atoms with Crippen molar-refractivity contribution in [1.29, 1.82) is 0 Å². The monoisotopic (exact) mass is 246 g/mol. The molecule has 0 saturated heterocycles. The number of fused-ring (bicyclic) bond motifs is 1. The highest BCUT2D eigenvalue weighted by molar-refractivity contribution is 5.79. The van der Waals surface area contributed by atoms with Gasteiger partial charge in [-0.25, -0.2) is 9.78 Å². The summed E-state index contributed by atoms with van der Waals surface area (Å²) in [4.78, 5) is 27.8. The molecule has 1 aromatic heterocycles. The van der Waals surface area contributed by atoms with E-state index in [1.807, 2.05) is 0 Å². The summed E-state index contributed by atoms with van der Waals surface area (Å²) in [5, 5.41) is 9.73. The second-order valence-corrected chi connectivity index (χ2v) is 4.37. The summed E-state index contributed by atoms with van der Waals surface area (Å²) >= 11 is 0. The standard InChI is InChI=1S/C13H14N2O3/c1-3-13(2,12(17)18)15-8-14-10-7-5-4-6-9(10)11(15)16/h4-8H,3H2,1-2H3,(H,17,18). The number of aliphatic carboxylic acids is 1. The van der Waals surface area contributed by atoms with Crippen molar-refractivity contribution in [2.24, 2.45) is 0 Å². The molecule has 5 nitrogen and oxygen atoms in total. The number of rotatable bonds is 3. The van der Waals surface area contributed by atoms with Crippen molar-refractivity contribution in [2.75, 3.05) is 0 Å². The van der Waals surface area contributed by atoms with Crippen LogP contribution in [0.3, 0.4) is 0 Å². The first-order valence-corrected chi connectivity index (χ1v) is 5.71. The highest BCUT2D eigenvalue weighted by Gasteiger charge is 2.34. The third-order valence-corrected chi connectivity index (χ3v) is 3.35. The van der Waals surface area contributed by atoms with E-state index in [0.29, 0.717) is 17.3 Å². The first-order chi connectivity index (χ1) is 8.50. The molecule has 0 aliphatic rings. The van der Waals surface area contributed by atoms with Crippen LogP contribution in [0.25, 0.3) is 10.9 Å². The van der Waals surface area contributed by atoms with Crippen molar-refractivity contribution >= 4 is 16.9 Å². The average Bonchev–Trinajstić information content (AvgIpc) is 2.38. The molecule has 18 heavy (non-hydrogen) atoms. The van der Waals surface area contributed by atoms with E-state index in [4.69, 9.17) is 0 Å². The number of hydrogen-bond acceptors (Lipinski definition) is 3. The predicted molar refractivity (Wildman–Crippen MR) is 67.6 cm³/mol. The van der Waals surface area contributed by atoms with Gasteiger partial charge in [-0.3, -0.25) is 9.36 Å². The minimum atomic E-state index is -1.27. The Bertz CT molecular complexity index is 663. The van der Waals surface area contributed by atoms with Gasteiger partial charge in [0.25, 0.3) is 5.56 Å². The second-order valence-electron chi connectivity index (χ2n) is 4.37. The van der Waals surface area contributed by atoms with E-state index in [-0.39, 0.29) is 5.56 Å². The lowest BCUT2D eigenvalue weighted by atomic mass is 9.98. The molecule has 94 valence electrons. The van der Waals surface area contributed by atoms with Gasteiger partial charge in [0.15, 0.2) is 0 Å². The van der Waals surface area contributed by atoms with Gasteiger partial charge in [-0.1, -0.05) is 19.1 Å². The van der Waals surface area contributed by atoms with Crippen LogP contribution < -0.4 is 5.56 Å². The Kier molecular flexibility index (Phi) is 2.90. The molecule has 1 unspecified atom stereocenters. The first-order valence-electron chi connectivity index (χ1n) is 5.71. The largest absolute Gasteiger partial charge is 0.479 e. The van der Waals surface area contributed by atoms with E-state index in [0.717, 1.165) is 0 Å². The number of aromatic nitrogens is 2. The zero-order chi connectivity index (χ0) is 13.3. The van der Waals surface area contributed by atoms with E-state index in [9.17, 15) is 14.7 Å². The number of nitrogens with zero attached hydrogens (tertiary/aromatic N) is 2. The van der Waals surface area contributed by atoms with Gasteiger partial charge >= 0.3 is 5.97 Å². The zero-order valence-corrected chi connectivity index (χ0v) is 10.3. The number of carbonyl (C=O) groups is 1. The van der Waals surface area contributed by atoms with Crippen molar-refractivity contribution in [3.8, 4) is 0 Å². The van der Waals surface area contributed by atoms with E-state index in [2.05, 4.69) is 4.98 Å². The molecule has 2 aromatic rings. The molecule has 1 atom stereocenters. The summed E-state index contributed by atoms with van der Waals surface area (Å²) in [6.45, 7) is 3.25. The third-order valence-electron chi connectivity index (χ3n) is 3.35. The maximum Gasteiger partial charge on any atom is 0.329 e. The van der Waals surface area contributed by atoms with Gasteiger partial charge in [-0.15, -0.1) is 0 Å². The van der Waals surface area contributed by atoms with Gasteiger partial charge in [-0.05, 0) is 25.5 Å². The topological polar surface area (TPSA) is 72.2 Å². The molecule has 0 radical (unpaired) electrons. The summed E-state index contributed by atoms with van der Waals surface area (Å²) in [6, 6.07) is 6.90. The van der Waals surface area contributed by atoms with Crippen LogP contribution in [-0.4, -0.2) is 20.6 Å². The van der Waals surface area contributed by atoms with Gasteiger partial charge in [-0.2, -0.15) is 0 Å². The van der Waals surface area contributed by atoms with Gasteiger partial charge in [0.2, 0.25) is 0 Å². The van der Waals surface area contributed by atoms with Crippen molar-refractivity contribution in [2.45, 2.75) is 25.8 Å². The molecule has 0 saturated carbocycles. The number of para-hydroxylation sites is 1. The Labute approximate surface area is 104 Å². The fraction of sp³-hybridized carbons (Fsp3) is 0.308. The van der Waals surface area contributed by atoms with Gasteiger partial charge < -0.3 is 5.11 Å². The van der Waals surface area contributed by atoms with Gasteiger partial charge in [0, 0.05) is 0 Å². The summed E-state index contributed by atoms with van der Waals surface area (Å²) < 4.78 is 1.19. The first kappa shape index (κ1) is 12.3. The number of carboxylic acid groups (broad SMARTS) is 1. The van der Waals surface area contributed by atoms with Crippen LogP contribution in [0.1, 0.15) is 20.3 Å². The van der Waals surface area contributed by atoms with Crippen LogP contribution in [0.5, 0.6) is 0 Å². The molecule has 1 heterocycles. The SMILES string of the molecule is CCC(C)(C(=O)O)n1cnc2ccccc2c1=O. The lowest BCUT2D eigenvalue weighted by Crippen LogP contribution is -2.44. The average molecular weight is 246 g/mol. The van der Waals surface area contributed by atoms with Crippen molar-refractivity contribution in [1.82, 2.24) is 9.55 Å². The van der Waals surface area contributed by atoms with E-state index < -0.39 is 11.5 Å². The van der Waals surface area contributed by atoms with Gasteiger partial charge in [0.1, 0.15) is 5.54 Å². The summed E-state index contributed by atoms with van der Waals surface area (Å²) in [5.74, 6) is -1.04. The number of benzene rings is 1. The molecule has 5 heteroatoms. The Hall–Kier alpha value is -2.17. The highest BCUT2D eigenvalue weighted by atomic mass is 16.4. The van der Waals surface area contributed by atoms with Crippen molar-refractivity contribution < 1.29 is 9.90 Å². The van der Waals surface area contributed by atoms with Crippen LogP contribution >= 0.6 is 0 Å². The quantitative estimate of drug-likeness (QED) is 0.893. The molecule has 0 aliphatic carbocycles. The minimum Gasteiger partial charge on any atom is -0.479 e. The highest BCUT2D eigenvalue weighted by Crippen LogP contribution is 2.19. The summed E-state index contributed by atoms with van der Waals surface area (Å²) in [5.41, 5.74) is -1.02. The van der Waals surface area contributed by atoms with Crippen LogP contribution in [0.15, 0.2) is 35.4 Å². The molecule has 0 fully saturated rings. The Morgan fingerprint density at radius 3 is 2.72 bits per heavy atom. The number of carboxylic acids is 1. The zero-order valence-electron chi connectivity index (χ0n) is 10.3. The van der Waals surface area contributed by atoms with Crippen LogP contribution in [0.4, 0.5) is 0 Å². The minimum absolute atomic E-state index is 0.308. The van der Waals surface area contributed by atoms with E-state index >= 15 is 0 Å². The van der Waals surface area contributed by atoms with Crippen LogP contribution in [-0.2, 0) is 10.3 Å². The molecular formula is C13H14N2O3. The predicted octanol–water partition coefficient (Wildman–Crippen LogP) is 1.61. The Morgan fingerprint density at radius 2 is 2.11 bits per heavy atom. The van der Waals surface area contributed by atoms with E-state index in [1.54, 1.807) is 31.2 Å². The van der Waals surface area contributed by atoms with Crippen LogP contribution in [0, 0.1) is 0 Å². The fourth-order valence-electron chi connectivity index (χ4n) is 1.85. The molecule has 0 bridgehead atoms. The Morgan fingerprint density at radius 1 is 1.44 bits per heavy atom. The lowest BCUT2D eigenvalue weighted by Gasteiger charge is -2.25. The van der Waals surface area contributed by atoms with Crippen molar-refractivity contribution in [3.63, 3.8) is 0 Å². The maximum atomic E-state index is 12.3. The van der Waals surface area contributed by atoms with Crippen LogP contribution in [0.2, 0.25) is 0 Å². The molecule has 1 aromatic carbocycles. The van der Waals surface area contributed by atoms with Crippen molar-refractivity contribution in [3.05, 3.63) is 40.9 Å². The molecule has 0 spiro atoms. The number of hydrogen-bond donors (Lipinski definition) is 1. The Balaban J connectivity index is 2.77. The molecule has 0 aliphatic heterocycles. The lowest BCUT2D eigenvalue weighted by molar-refractivity contribution is -0.147. The normalized spacial score (nSPS) is 14.3. The maximum absolute atomic E-state index is 12.3. The molecule has 0 amide bonds. The smallest absolute Gasteiger partial charge is 0.329 e. The summed E-state index contributed by atoms with van der Waals surface area (Å²) in [7, 11) is 0. The van der Waals surface area contributed by atoms with Gasteiger partial charge in [0.05, 0.1) is 17.2 Å². The molecule has 1 N–H and O–H groups in total. The fourth-order valence-corrected chi connectivity index (χ4v) is 1.85. The summed E-state index contributed by atoms with van der Waals surface area (Å²) in [6.07, 6.45) is 1.62.